The Kier molecular flexibility index (Phi) is 5.70. The van der Waals surface area contributed by atoms with E-state index in [4.69, 9.17) is 5.10 Å². The van der Waals surface area contributed by atoms with Crippen LogP contribution in [0, 0.1) is 0 Å². The lowest BCUT2D eigenvalue weighted by atomic mass is 10.1. The van der Waals surface area contributed by atoms with Gasteiger partial charge in [-0.15, -0.1) is 0 Å². The summed E-state index contributed by atoms with van der Waals surface area (Å²) in [7, 11) is 0. The van der Waals surface area contributed by atoms with Crippen molar-refractivity contribution in [2.75, 3.05) is 0 Å². The third-order valence-corrected chi connectivity index (χ3v) is 3.68. The number of aromatic nitrogens is 2. The summed E-state index contributed by atoms with van der Waals surface area (Å²) < 4.78 is 2.08. The van der Waals surface area contributed by atoms with Crippen molar-refractivity contribution in [3.63, 3.8) is 0 Å². The van der Waals surface area contributed by atoms with Gasteiger partial charge in [-0.1, -0.05) is 50.6 Å². The zero-order chi connectivity index (χ0) is 15.9. The van der Waals surface area contributed by atoms with Gasteiger partial charge < -0.3 is 0 Å². The number of allylic oxidation sites excluding steroid dienone is 1. The molecule has 3 heteroatoms. The highest BCUT2D eigenvalue weighted by atomic mass is 16.1. The quantitative estimate of drug-likeness (QED) is 0.722. The predicted octanol–water partition coefficient (Wildman–Crippen LogP) is 4.05. The van der Waals surface area contributed by atoms with Crippen molar-refractivity contribution in [1.29, 1.82) is 0 Å². The number of ketones is 1. The zero-order valence-electron chi connectivity index (χ0n) is 13.7. The summed E-state index contributed by atoms with van der Waals surface area (Å²) in [5, 5.41) is 4.74. The van der Waals surface area contributed by atoms with Crippen molar-refractivity contribution >= 4 is 11.9 Å². The van der Waals surface area contributed by atoms with Crippen molar-refractivity contribution in [2.45, 2.75) is 46.6 Å². The molecule has 1 aromatic carbocycles. The Balaban J connectivity index is 2.40. The Morgan fingerprint density at radius 3 is 2.55 bits per heavy atom. The van der Waals surface area contributed by atoms with Crippen molar-refractivity contribution in [2.24, 2.45) is 0 Å². The third kappa shape index (κ3) is 3.94. The van der Waals surface area contributed by atoms with E-state index in [9.17, 15) is 4.79 Å². The van der Waals surface area contributed by atoms with Crippen LogP contribution >= 0.6 is 0 Å². The second-order valence-electron chi connectivity index (χ2n) is 5.50. The third-order valence-electron chi connectivity index (χ3n) is 3.68. The number of carbonyl (C=O) groups excluding carboxylic acids is 1. The molecule has 116 valence electrons. The minimum atomic E-state index is 0.0538. The highest BCUT2D eigenvalue weighted by molar-refractivity contribution is 5.91. The van der Waals surface area contributed by atoms with Crippen LogP contribution in [0.1, 0.15) is 49.7 Å². The molecule has 3 nitrogen and oxygen atoms in total. The molecule has 0 aliphatic carbocycles. The molecule has 0 N–H and O–H groups in total. The Hall–Kier alpha value is -2.16. The molecule has 2 rings (SSSR count). The molecule has 0 saturated carbocycles. The first-order valence-corrected chi connectivity index (χ1v) is 7.96. The molecular weight excluding hydrogens is 272 g/mol. The van der Waals surface area contributed by atoms with Gasteiger partial charge in [-0.25, -0.2) is 0 Å². The molecule has 0 saturated heterocycles. The molecule has 0 amide bonds. The largest absolute Gasteiger partial charge is 0.295 e. The van der Waals surface area contributed by atoms with Gasteiger partial charge in [0.15, 0.2) is 5.78 Å². The van der Waals surface area contributed by atoms with E-state index in [1.165, 1.54) is 16.8 Å². The Labute approximate surface area is 132 Å². The van der Waals surface area contributed by atoms with Crippen LogP contribution < -0.4 is 0 Å². The number of benzene rings is 1. The SMILES string of the molecule is CCCc1c(/C=C/C(C)=O)nn(Cc2ccccc2)c1CC. The fourth-order valence-corrected chi connectivity index (χ4v) is 2.69. The maximum Gasteiger partial charge on any atom is 0.152 e. The molecule has 0 aliphatic heterocycles. The van der Waals surface area contributed by atoms with Crippen molar-refractivity contribution in [3.05, 3.63) is 58.9 Å². The first kappa shape index (κ1) is 16.2. The first-order chi connectivity index (χ1) is 10.7. The van der Waals surface area contributed by atoms with Crippen LogP contribution in [-0.4, -0.2) is 15.6 Å². The first-order valence-electron chi connectivity index (χ1n) is 7.96. The molecule has 22 heavy (non-hydrogen) atoms. The smallest absolute Gasteiger partial charge is 0.152 e. The normalized spacial score (nSPS) is 11.2. The van der Waals surface area contributed by atoms with E-state index >= 15 is 0 Å². The molecule has 0 fully saturated rings. The van der Waals surface area contributed by atoms with Gasteiger partial charge in [-0.05, 0) is 37.5 Å². The minimum Gasteiger partial charge on any atom is -0.295 e. The maximum atomic E-state index is 11.2. The molecular formula is C19H24N2O. The number of nitrogens with zero attached hydrogens (tertiary/aromatic N) is 2. The summed E-state index contributed by atoms with van der Waals surface area (Å²) in [5.41, 5.74) is 4.72. The lowest BCUT2D eigenvalue weighted by Crippen LogP contribution is -2.06. The molecule has 1 heterocycles. The average molecular weight is 296 g/mol. The summed E-state index contributed by atoms with van der Waals surface area (Å²) in [6, 6.07) is 10.4. The summed E-state index contributed by atoms with van der Waals surface area (Å²) in [6.07, 6.45) is 6.48. The van der Waals surface area contributed by atoms with Gasteiger partial charge in [0.25, 0.3) is 0 Å². The number of hydrogen-bond donors (Lipinski definition) is 0. The van der Waals surface area contributed by atoms with Crippen molar-refractivity contribution in [3.8, 4) is 0 Å². The number of rotatable bonds is 7. The van der Waals surface area contributed by atoms with Crippen LogP contribution in [0.4, 0.5) is 0 Å². The molecule has 0 unspecified atom stereocenters. The molecule has 2 aromatic rings. The predicted molar refractivity (Wildman–Crippen MR) is 90.9 cm³/mol. The molecule has 0 spiro atoms. The topological polar surface area (TPSA) is 34.9 Å². The van der Waals surface area contributed by atoms with Crippen LogP contribution in [0.15, 0.2) is 36.4 Å². The van der Waals surface area contributed by atoms with Gasteiger partial charge in [0.05, 0.1) is 12.2 Å². The maximum absolute atomic E-state index is 11.2. The summed E-state index contributed by atoms with van der Waals surface area (Å²) in [4.78, 5) is 11.2. The fourth-order valence-electron chi connectivity index (χ4n) is 2.69. The van der Waals surface area contributed by atoms with E-state index in [-0.39, 0.29) is 5.78 Å². The van der Waals surface area contributed by atoms with Crippen LogP contribution in [0.25, 0.3) is 6.08 Å². The second-order valence-corrected chi connectivity index (χ2v) is 5.50. The van der Waals surface area contributed by atoms with E-state index in [1.54, 1.807) is 13.0 Å². The Morgan fingerprint density at radius 2 is 1.95 bits per heavy atom. The van der Waals surface area contributed by atoms with Crippen LogP contribution in [0.2, 0.25) is 0 Å². The van der Waals surface area contributed by atoms with Crippen molar-refractivity contribution < 1.29 is 4.79 Å². The van der Waals surface area contributed by atoms with Crippen molar-refractivity contribution in [1.82, 2.24) is 9.78 Å². The highest BCUT2D eigenvalue weighted by Gasteiger charge is 2.14. The number of carbonyl (C=O) groups is 1. The van der Waals surface area contributed by atoms with E-state index in [1.807, 2.05) is 24.3 Å². The van der Waals surface area contributed by atoms with E-state index in [2.05, 4.69) is 30.7 Å². The van der Waals surface area contributed by atoms with Gasteiger partial charge in [0.1, 0.15) is 0 Å². The fraction of sp³-hybridized carbons (Fsp3) is 0.368. The molecule has 1 aromatic heterocycles. The van der Waals surface area contributed by atoms with Gasteiger partial charge in [-0.3, -0.25) is 9.48 Å². The van der Waals surface area contributed by atoms with Crippen LogP contribution in [-0.2, 0) is 24.2 Å². The van der Waals surface area contributed by atoms with E-state index in [0.29, 0.717) is 0 Å². The zero-order valence-corrected chi connectivity index (χ0v) is 13.7. The van der Waals surface area contributed by atoms with Crippen LogP contribution in [0.5, 0.6) is 0 Å². The van der Waals surface area contributed by atoms with Gasteiger partial charge in [0.2, 0.25) is 0 Å². The van der Waals surface area contributed by atoms with E-state index < -0.39 is 0 Å². The van der Waals surface area contributed by atoms with Gasteiger partial charge in [0, 0.05) is 11.3 Å². The van der Waals surface area contributed by atoms with Crippen LogP contribution in [0.3, 0.4) is 0 Å². The minimum absolute atomic E-state index is 0.0538. The average Bonchev–Trinajstić information content (AvgIpc) is 2.83. The highest BCUT2D eigenvalue weighted by Crippen LogP contribution is 2.20. The monoisotopic (exact) mass is 296 g/mol. The summed E-state index contributed by atoms with van der Waals surface area (Å²) >= 11 is 0. The molecule has 0 radical (unpaired) electrons. The standard InChI is InChI=1S/C19H24N2O/c1-4-9-17-18(13-12-15(3)22)20-21(19(17)5-2)14-16-10-7-6-8-11-16/h6-8,10-13H,4-5,9,14H2,1-3H3/b13-12+. The summed E-state index contributed by atoms with van der Waals surface area (Å²) in [5.74, 6) is 0.0538. The Morgan fingerprint density at radius 1 is 1.23 bits per heavy atom. The lowest BCUT2D eigenvalue weighted by molar-refractivity contribution is -0.112. The van der Waals surface area contributed by atoms with Gasteiger partial charge in [-0.2, -0.15) is 5.10 Å². The van der Waals surface area contributed by atoms with E-state index in [0.717, 1.165) is 31.5 Å². The molecule has 0 bridgehead atoms. The number of hydrogen-bond acceptors (Lipinski definition) is 2. The van der Waals surface area contributed by atoms with Gasteiger partial charge >= 0.3 is 0 Å². The lowest BCUT2D eigenvalue weighted by Gasteiger charge is -2.07. The molecule has 0 aliphatic rings. The summed E-state index contributed by atoms with van der Waals surface area (Å²) in [6.45, 7) is 6.68. The second kappa shape index (κ2) is 7.74. The Bertz CT molecular complexity index is 654. The molecule has 0 atom stereocenters.